The van der Waals surface area contributed by atoms with Crippen LogP contribution in [0.4, 0.5) is 0 Å². The summed E-state index contributed by atoms with van der Waals surface area (Å²) in [6, 6.07) is 0.572. The third kappa shape index (κ3) is 4.81. The molecule has 1 saturated heterocycles. The minimum Gasteiger partial charge on any atom is -0.374 e. The summed E-state index contributed by atoms with van der Waals surface area (Å²) in [7, 11) is 4.26. The van der Waals surface area contributed by atoms with Gasteiger partial charge in [-0.15, -0.1) is 0 Å². The second kappa shape index (κ2) is 6.84. The molecule has 1 aliphatic rings. The van der Waals surface area contributed by atoms with Gasteiger partial charge in [-0.3, -0.25) is 4.90 Å². The van der Waals surface area contributed by atoms with Crippen LogP contribution >= 0.6 is 15.9 Å². The van der Waals surface area contributed by atoms with E-state index < -0.39 is 0 Å². The number of halogens is 1. The molecule has 0 aromatic rings. The number of hydrogen-bond acceptors (Lipinski definition) is 3. The lowest BCUT2D eigenvalue weighted by molar-refractivity contribution is -0.0471. The van der Waals surface area contributed by atoms with Gasteiger partial charge in [0.1, 0.15) is 0 Å². The van der Waals surface area contributed by atoms with Gasteiger partial charge in [-0.2, -0.15) is 0 Å². The summed E-state index contributed by atoms with van der Waals surface area (Å²) in [5.41, 5.74) is 0. The van der Waals surface area contributed by atoms with E-state index in [1.54, 1.807) is 0 Å². The number of rotatable bonds is 5. The maximum atomic E-state index is 5.70. The van der Waals surface area contributed by atoms with Crippen LogP contribution < -0.4 is 0 Å². The van der Waals surface area contributed by atoms with Crippen molar-refractivity contribution in [2.45, 2.75) is 25.5 Å². The van der Waals surface area contributed by atoms with E-state index in [0.29, 0.717) is 12.1 Å². The summed E-state index contributed by atoms with van der Waals surface area (Å²) >= 11 is 3.49. The minimum absolute atomic E-state index is 0.376. The van der Waals surface area contributed by atoms with E-state index in [-0.39, 0.29) is 0 Å². The number of nitrogens with zero attached hydrogens (tertiary/aromatic N) is 2. The van der Waals surface area contributed by atoms with Crippen molar-refractivity contribution in [3.8, 4) is 0 Å². The quantitative estimate of drug-likeness (QED) is 0.708. The second-order valence-corrected chi connectivity index (χ2v) is 5.26. The van der Waals surface area contributed by atoms with Crippen molar-refractivity contribution in [3.05, 3.63) is 0 Å². The molecule has 15 heavy (non-hydrogen) atoms. The summed E-state index contributed by atoms with van der Waals surface area (Å²) in [4.78, 5) is 4.78. The Hall–Kier alpha value is 0.360. The predicted octanol–water partition coefficient (Wildman–Crippen LogP) is 1.42. The first-order valence-electron chi connectivity index (χ1n) is 5.70. The smallest absolute Gasteiger partial charge is 0.0799 e. The van der Waals surface area contributed by atoms with Gasteiger partial charge in [0, 0.05) is 17.9 Å². The standard InChI is InChI=1S/C11H23BrN2O/c1-10-9-15-11(7-12)8-14(10)6-4-5-13(2)3/h10-11H,4-9H2,1-3H3. The fourth-order valence-corrected chi connectivity index (χ4v) is 2.26. The average Bonchev–Trinajstić information content (AvgIpc) is 2.20. The summed E-state index contributed by atoms with van der Waals surface area (Å²) < 4.78 is 5.70. The topological polar surface area (TPSA) is 15.7 Å². The molecule has 0 aliphatic carbocycles. The van der Waals surface area contributed by atoms with E-state index in [9.17, 15) is 0 Å². The maximum Gasteiger partial charge on any atom is 0.0799 e. The van der Waals surface area contributed by atoms with E-state index >= 15 is 0 Å². The second-order valence-electron chi connectivity index (χ2n) is 4.61. The Morgan fingerprint density at radius 1 is 1.47 bits per heavy atom. The Kier molecular flexibility index (Phi) is 6.12. The lowest BCUT2D eigenvalue weighted by Gasteiger charge is -2.37. The van der Waals surface area contributed by atoms with Crippen molar-refractivity contribution in [3.63, 3.8) is 0 Å². The zero-order valence-electron chi connectivity index (χ0n) is 10.1. The Morgan fingerprint density at radius 2 is 2.20 bits per heavy atom. The van der Waals surface area contributed by atoms with Crippen LogP contribution in [0, 0.1) is 0 Å². The number of morpholine rings is 1. The first-order valence-corrected chi connectivity index (χ1v) is 6.82. The van der Waals surface area contributed by atoms with Crippen LogP contribution in [0.1, 0.15) is 13.3 Å². The lowest BCUT2D eigenvalue weighted by atomic mass is 10.2. The Labute approximate surface area is 102 Å². The van der Waals surface area contributed by atoms with Crippen LogP contribution in [0.25, 0.3) is 0 Å². The summed E-state index contributed by atoms with van der Waals surface area (Å²) in [6.45, 7) is 6.55. The fraction of sp³-hybridized carbons (Fsp3) is 1.00. The Bertz CT molecular complexity index is 178. The molecule has 0 aromatic carbocycles. The van der Waals surface area contributed by atoms with Crippen molar-refractivity contribution in [2.75, 3.05) is 45.7 Å². The molecule has 1 fully saturated rings. The average molecular weight is 279 g/mol. The predicted molar refractivity (Wildman–Crippen MR) is 67.7 cm³/mol. The van der Waals surface area contributed by atoms with E-state index in [2.05, 4.69) is 46.7 Å². The zero-order chi connectivity index (χ0) is 11.3. The van der Waals surface area contributed by atoms with Gasteiger partial charge in [-0.25, -0.2) is 0 Å². The normalized spacial score (nSPS) is 28.6. The van der Waals surface area contributed by atoms with Gasteiger partial charge in [0.2, 0.25) is 0 Å². The molecule has 1 heterocycles. The van der Waals surface area contributed by atoms with Gasteiger partial charge in [0.25, 0.3) is 0 Å². The molecule has 1 aliphatic heterocycles. The van der Waals surface area contributed by atoms with Gasteiger partial charge in [-0.1, -0.05) is 15.9 Å². The van der Waals surface area contributed by atoms with Gasteiger partial charge >= 0.3 is 0 Å². The van der Waals surface area contributed by atoms with Crippen molar-refractivity contribution >= 4 is 15.9 Å². The summed E-state index contributed by atoms with van der Waals surface area (Å²) in [5.74, 6) is 0. The van der Waals surface area contributed by atoms with Crippen LogP contribution in [-0.2, 0) is 4.74 Å². The van der Waals surface area contributed by atoms with Gasteiger partial charge < -0.3 is 9.64 Å². The summed E-state index contributed by atoms with van der Waals surface area (Å²) in [6.07, 6.45) is 1.62. The molecule has 0 radical (unpaired) electrons. The molecule has 0 amide bonds. The fourth-order valence-electron chi connectivity index (χ4n) is 1.87. The van der Waals surface area contributed by atoms with Gasteiger partial charge in [0.05, 0.1) is 12.7 Å². The van der Waals surface area contributed by atoms with E-state index in [4.69, 9.17) is 4.74 Å². The molecule has 3 nitrogen and oxygen atoms in total. The molecule has 1 rings (SSSR count). The highest BCUT2D eigenvalue weighted by atomic mass is 79.9. The van der Waals surface area contributed by atoms with E-state index in [1.165, 1.54) is 19.5 Å². The molecule has 0 saturated carbocycles. The highest BCUT2D eigenvalue weighted by Crippen LogP contribution is 2.13. The molecule has 4 heteroatoms. The van der Waals surface area contributed by atoms with Gasteiger partial charge in [0.15, 0.2) is 0 Å². The van der Waals surface area contributed by atoms with E-state index in [1.807, 2.05) is 0 Å². The van der Waals surface area contributed by atoms with Crippen LogP contribution in [0.5, 0.6) is 0 Å². The van der Waals surface area contributed by atoms with Crippen LogP contribution in [0.3, 0.4) is 0 Å². The first kappa shape index (κ1) is 13.4. The minimum atomic E-state index is 0.376. The Morgan fingerprint density at radius 3 is 2.80 bits per heavy atom. The monoisotopic (exact) mass is 278 g/mol. The molecule has 90 valence electrons. The molecule has 0 N–H and O–H groups in total. The van der Waals surface area contributed by atoms with Gasteiger partial charge in [-0.05, 0) is 40.5 Å². The number of alkyl halides is 1. The van der Waals surface area contributed by atoms with Crippen molar-refractivity contribution < 1.29 is 4.74 Å². The molecular formula is C11H23BrN2O. The van der Waals surface area contributed by atoms with Crippen molar-refractivity contribution in [2.24, 2.45) is 0 Å². The van der Waals surface area contributed by atoms with E-state index in [0.717, 1.165) is 18.5 Å². The number of ether oxygens (including phenoxy) is 1. The molecule has 0 bridgehead atoms. The molecule has 2 unspecified atom stereocenters. The zero-order valence-corrected chi connectivity index (χ0v) is 11.7. The molecule has 2 atom stereocenters. The molecule has 0 aromatic heterocycles. The molecular weight excluding hydrogens is 256 g/mol. The highest BCUT2D eigenvalue weighted by molar-refractivity contribution is 9.09. The Balaban J connectivity index is 2.25. The third-order valence-corrected chi connectivity index (χ3v) is 3.58. The first-order chi connectivity index (χ1) is 7.13. The van der Waals surface area contributed by atoms with Crippen LogP contribution in [0.2, 0.25) is 0 Å². The maximum absolute atomic E-state index is 5.70. The third-order valence-electron chi connectivity index (χ3n) is 2.86. The largest absolute Gasteiger partial charge is 0.374 e. The van der Waals surface area contributed by atoms with Crippen LogP contribution in [0.15, 0.2) is 0 Å². The highest BCUT2D eigenvalue weighted by Gasteiger charge is 2.24. The summed E-state index contributed by atoms with van der Waals surface area (Å²) in [5, 5.41) is 0.948. The van der Waals surface area contributed by atoms with Crippen LogP contribution in [-0.4, -0.2) is 67.6 Å². The SMILES string of the molecule is CC1COC(CBr)CN1CCCN(C)C. The number of hydrogen-bond donors (Lipinski definition) is 0. The molecule has 0 spiro atoms. The van der Waals surface area contributed by atoms with Crippen molar-refractivity contribution in [1.29, 1.82) is 0 Å². The lowest BCUT2D eigenvalue weighted by Crippen LogP contribution is -2.49. The van der Waals surface area contributed by atoms with Crippen molar-refractivity contribution in [1.82, 2.24) is 9.80 Å².